The predicted octanol–water partition coefficient (Wildman–Crippen LogP) is 5.55. The Bertz CT molecular complexity index is 748. The van der Waals surface area contributed by atoms with Crippen LogP contribution in [-0.4, -0.2) is 7.11 Å². The number of hydrogen-bond acceptors (Lipinski definition) is 2. The number of rotatable bonds is 3. The molecule has 3 aromatic rings. The van der Waals surface area contributed by atoms with Crippen LogP contribution in [0.3, 0.4) is 0 Å². The minimum Gasteiger partial charge on any atom is -0.496 e. The number of alkyl halides is 1. The third kappa shape index (κ3) is 2.19. The summed E-state index contributed by atoms with van der Waals surface area (Å²) in [5.41, 5.74) is 2.40. The number of hydrogen-bond donors (Lipinski definition) is 0. The van der Waals surface area contributed by atoms with Crippen LogP contribution in [0.25, 0.3) is 10.8 Å². The molecule has 1 aromatic heterocycles. The second-order valence-corrected chi connectivity index (χ2v) is 6.12. The minimum absolute atomic E-state index is 0.185. The van der Waals surface area contributed by atoms with Gasteiger partial charge in [-0.1, -0.05) is 36.4 Å². The fraction of sp³-hybridized carbons (Fsp3) is 0.176. The highest BCUT2D eigenvalue weighted by atomic mass is 35.5. The van der Waals surface area contributed by atoms with Gasteiger partial charge >= 0.3 is 0 Å². The van der Waals surface area contributed by atoms with E-state index >= 15 is 0 Å². The van der Waals surface area contributed by atoms with Gasteiger partial charge in [0.1, 0.15) is 5.75 Å². The quantitative estimate of drug-likeness (QED) is 0.577. The molecule has 0 saturated heterocycles. The molecular weight excluding hydrogens is 288 g/mol. The SMILES string of the molecule is COc1ccsc1C(Cl)c1ccc(C)c2ccccc12. The van der Waals surface area contributed by atoms with Crippen molar-refractivity contribution in [3.05, 3.63) is 63.8 Å². The van der Waals surface area contributed by atoms with Crippen molar-refractivity contribution in [2.24, 2.45) is 0 Å². The molecule has 0 aliphatic rings. The monoisotopic (exact) mass is 302 g/mol. The van der Waals surface area contributed by atoms with Crippen LogP contribution in [0.2, 0.25) is 0 Å². The van der Waals surface area contributed by atoms with E-state index in [1.165, 1.54) is 16.3 Å². The summed E-state index contributed by atoms with van der Waals surface area (Å²) < 4.78 is 5.39. The first-order valence-electron chi connectivity index (χ1n) is 6.46. The molecule has 0 fully saturated rings. The van der Waals surface area contributed by atoms with Gasteiger partial charge in [-0.2, -0.15) is 0 Å². The Labute approximate surface area is 127 Å². The van der Waals surface area contributed by atoms with Crippen molar-refractivity contribution in [2.45, 2.75) is 12.3 Å². The second kappa shape index (κ2) is 5.47. The highest BCUT2D eigenvalue weighted by Crippen LogP contribution is 2.41. The summed E-state index contributed by atoms with van der Waals surface area (Å²) in [7, 11) is 1.68. The van der Waals surface area contributed by atoms with E-state index in [-0.39, 0.29) is 5.38 Å². The van der Waals surface area contributed by atoms with E-state index in [0.717, 1.165) is 16.2 Å². The molecule has 0 bridgehead atoms. The molecule has 20 heavy (non-hydrogen) atoms. The van der Waals surface area contributed by atoms with Crippen LogP contribution in [0.1, 0.15) is 21.4 Å². The lowest BCUT2D eigenvalue weighted by Crippen LogP contribution is -1.95. The first-order chi connectivity index (χ1) is 9.72. The third-order valence-electron chi connectivity index (χ3n) is 3.56. The molecule has 1 nitrogen and oxygen atoms in total. The summed E-state index contributed by atoms with van der Waals surface area (Å²) in [5.74, 6) is 0.861. The van der Waals surface area contributed by atoms with Gasteiger partial charge in [0.2, 0.25) is 0 Å². The smallest absolute Gasteiger partial charge is 0.134 e. The molecule has 1 unspecified atom stereocenters. The molecule has 3 rings (SSSR count). The molecule has 1 atom stereocenters. The summed E-state index contributed by atoms with van der Waals surface area (Å²) in [4.78, 5) is 1.06. The van der Waals surface area contributed by atoms with Gasteiger partial charge in [0.15, 0.2) is 0 Å². The fourth-order valence-corrected chi connectivity index (χ4v) is 3.80. The lowest BCUT2D eigenvalue weighted by molar-refractivity contribution is 0.413. The Balaban J connectivity index is 2.17. The summed E-state index contributed by atoms with van der Waals surface area (Å²) in [6.07, 6.45) is 0. The van der Waals surface area contributed by atoms with E-state index in [1.54, 1.807) is 18.4 Å². The molecule has 0 N–H and O–H groups in total. The van der Waals surface area contributed by atoms with Gasteiger partial charge in [-0.15, -0.1) is 22.9 Å². The maximum absolute atomic E-state index is 6.72. The van der Waals surface area contributed by atoms with Gasteiger partial charge in [-0.25, -0.2) is 0 Å². The van der Waals surface area contributed by atoms with Gasteiger partial charge in [-0.05, 0) is 40.3 Å². The molecule has 0 saturated carbocycles. The summed E-state index contributed by atoms with van der Waals surface area (Å²) in [6.45, 7) is 2.13. The van der Waals surface area contributed by atoms with E-state index < -0.39 is 0 Å². The van der Waals surface area contributed by atoms with Crippen LogP contribution in [0.5, 0.6) is 5.75 Å². The molecule has 0 aliphatic heterocycles. The number of benzene rings is 2. The van der Waals surface area contributed by atoms with E-state index in [0.29, 0.717) is 0 Å². The highest BCUT2D eigenvalue weighted by molar-refractivity contribution is 7.10. The van der Waals surface area contributed by atoms with E-state index in [4.69, 9.17) is 16.3 Å². The number of aryl methyl sites for hydroxylation is 1. The van der Waals surface area contributed by atoms with Crippen LogP contribution in [0.15, 0.2) is 47.8 Å². The Morgan fingerprint density at radius 3 is 2.55 bits per heavy atom. The molecular formula is C17H15ClOS. The lowest BCUT2D eigenvalue weighted by Gasteiger charge is -2.14. The zero-order valence-electron chi connectivity index (χ0n) is 11.4. The topological polar surface area (TPSA) is 9.23 Å². The van der Waals surface area contributed by atoms with Crippen molar-refractivity contribution >= 4 is 33.7 Å². The molecule has 0 radical (unpaired) electrons. The predicted molar refractivity (Wildman–Crippen MR) is 87.3 cm³/mol. The van der Waals surface area contributed by atoms with E-state index in [2.05, 4.69) is 43.3 Å². The Kier molecular flexibility index (Phi) is 3.68. The standard InChI is InChI=1S/C17H15ClOS/c1-11-7-8-14(13-6-4-3-5-12(11)13)16(18)17-15(19-2)9-10-20-17/h3-10,16H,1-2H3. The molecule has 3 heteroatoms. The van der Waals surface area contributed by atoms with Gasteiger partial charge in [0.25, 0.3) is 0 Å². The van der Waals surface area contributed by atoms with Gasteiger partial charge in [-0.3, -0.25) is 0 Å². The summed E-state index contributed by atoms with van der Waals surface area (Å²) >= 11 is 8.35. The average Bonchev–Trinajstić information content (AvgIpc) is 2.96. The molecule has 0 amide bonds. The van der Waals surface area contributed by atoms with Gasteiger partial charge in [0.05, 0.1) is 17.4 Å². The number of thiophene rings is 1. The number of ether oxygens (including phenoxy) is 1. The fourth-order valence-electron chi connectivity index (χ4n) is 2.50. The first kappa shape index (κ1) is 13.5. The lowest BCUT2D eigenvalue weighted by atomic mass is 9.97. The van der Waals surface area contributed by atoms with Gasteiger partial charge < -0.3 is 4.74 Å². The third-order valence-corrected chi connectivity index (χ3v) is 5.10. The maximum Gasteiger partial charge on any atom is 0.134 e. The molecule has 0 spiro atoms. The van der Waals surface area contributed by atoms with Crippen molar-refractivity contribution in [3.63, 3.8) is 0 Å². The molecule has 0 aliphatic carbocycles. The number of halogens is 1. The largest absolute Gasteiger partial charge is 0.496 e. The van der Waals surface area contributed by atoms with Gasteiger partial charge in [0, 0.05) is 0 Å². The van der Waals surface area contributed by atoms with Crippen molar-refractivity contribution in [3.8, 4) is 5.75 Å². The number of methoxy groups -OCH3 is 1. The van der Waals surface area contributed by atoms with Crippen LogP contribution in [0.4, 0.5) is 0 Å². The van der Waals surface area contributed by atoms with Crippen LogP contribution < -0.4 is 4.74 Å². The molecule has 2 aromatic carbocycles. The van der Waals surface area contributed by atoms with E-state index in [1.807, 2.05) is 11.4 Å². The Morgan fingerprint density at radius 2 is 1.80 bits per heavy atom. The first-order valence-corrected chi connectivity index (χ1v) is 7.77. The van der Waals surface area contributed by atoms with Crippen molar-refractivity contribution in [1.82, 2.24) is 0 Å². The zero-order chi connectivity index (χ0) is 14.1. The molecule has 102 valence electrons. The average molecular weight is 303 g/mol. The molecule has 1 heterocycles. The van der Waals surface area contributed by atoms with Crippen molar-refractivity contribution in [1.29, 1.82) is 0 Å². The van der Waals surface area contributed by atoms with Crippen LogP contribution >= 0.6 is 22.9 Å². The maximum atomic E-state index is 6.72. The number of fused-ring (bicyclic) bond motifs is 1. The Hall–Kier alpha value is -1.51. The minimum atomic E-state index is -0.185. The van der Waals surface area contributed by atoms with E-state index in [9.17, 15) is 0 Å². The highest BCUT2D eigenvalue weighted by Gasteiger charge is 2.19. The summed E-state index contributed by atoms with van der Waals surface area (Å²) in [5, 5.41) is 4.30. The normalized spacial score (nSPS) is 12.6. The Morgan fingerprint density at radius 1 is 1.05 bits per heavy atom. The van der Waals surface area contributed by atoms with Crippen molar-refractivity contribution < 1.29 is 4.74 Å². The van der Waals surface area contributed by atoms with Crippen LogP contribution in [-0.2, 0) is 0 Å². The zero-order valence-corrected chi connectivity index (χ0v) is 13.0. The van der Waals surface area contributed by atoms with Crippen LogP contribution in [0, 0.1) is 6.92 Å². The van der Waals surface area contributed by atoms with Crippen molar-refractivity contribution in [2.75, 3.05) is 7.11 Å². The summed E-state index contributed by atoms with van der Waals surface area (Å²) in [6, 6.07) is 14.6. The second-order valence-electron chi connectivity index (χ2n) is 4.73.